The van der Waals surface area contributed by atoms with Crippen LogP contribution in [0.15, 0.2) is 24.3 Å². The summed E-state index contributed by atoms with van der Waals surface area (Å²) < 4.78 is 5.53. The van der Waals surface area contributed by atoms with Crippen molar-refractivity contribution in [3.05, 3.63) is 35.4 Å². The summed E-state index contributed by atoms with van der Waals surface area (Å²) in [6.45, 7) is 2.49. The van der Waals surface area contributed by atoms with Crippen LogP contribution in [0.2, 0.25) is 0 Å². The Morgan fingerprint density at radius 1 is 1.20 bits per heavy atom. The normalized spacial score (nSPS) is 25.2. The van der Waals surface area contributed by atoms with E-state index in [0.29, 0.717) is 28.5 Å². The molecule has 0 radical (unpaired) electrons. The Balaban J connectivity index is 1.56. The van der Waals surface area contributed by atoms with Crippen LogP contribution in [0.1, 0.15) is 52.8 Å². The van der Waals surface area contributed by atoms with Gasteiger partial charge in [0.2, 0.25) is 0 Å². The average molecular weight is 342 g/mol. The van der Waals surface area contributed by atoms with Crippen LogP contribution in [-0.4, -0.2) is 49.6 Å². The molecule has 2 heterocycles. The third kappa shape index (κ3) is 2.74. The molecule has 1 aromatic carbocycles. The van der Waals surface area contributed by atoms with Crippen molar-refractivity contribution in [3.63, 3.8) is 0 Å². The standard InChI is InChI=1S/C20H26N2O3/c1-21-18(23)15-4-2-5-16(12-15)19(24)22-13-20(8-3-9-20)17(22)14-6-10-25-11-7-14/h2,4-5,12,14,17H,3,6-11,13H2,1H3,(H,21,23). The quantitative estimate of drug-likeness (QED) is 0.918. The van der Waals surface area contributed by atoms with Crippen LogP contribution >= 0.6 is 0 Å². The smallest absolute Gasteiger partial charge is 0.254 e. The van der Waals surface area contributed by atoms with Crippen molar-refractivity contribution in [3.8, 4) is 0 Å². The van der Waals surface area contributed by atoms with Crippen molar-refractivity contribution in [1.82, 2.24) is 10.2 Å². The van der Waals surface area contributed by atoms with E-state index in [2.05, 4.69) is 10.2 Å². The third-order valence-electron chi connectivity index (χ3n) is 6.37. The molecule has 0 bridgehead atoms. The number of hydrogen-bond donors (Lipinski definition) is 1. The summed E-state index contributed by atoms with van der Waals surface area (Å²) in [4.78, 5) is 27.1. The number of rotatable bonds is 3. The SMILES string of the molecule is CNC(=O)c1cccc(C(=O)N2CC3(CCC3)C2C2CCOCC2)c1. The molecule has 5 nitrogen and oxygen atoms in total. The molecule has 3 aliphatic rings. The molecule has 1 aromatic rings. The number of nitrogens with zero attached hydrogens (tertiary/aromatic N) is 1. The second kappa shape index (κ2) is 6.45. The van der Waals surface area contributed by atoms with Gasteiger partial charge >= 0.3 is 0 Å². The van der Waals surface area contributed by atoms with Crippen molar-refractivity contribution in [1.29, 1.82) is 0 Å². The molecule has 5 heteroatoms. The minimum absolute atomic E-state index is 0.0692. The average Bonchev–Trinajstić information content (AvgIpc) is 2.60. The molecule has 0 aromatic heterocycles. The van der Waals surface area contributed by atoms with Gasteiger partial charge in [0.15, 0.2) is 0 Å². The van der Waals surface area contributed by atoms with Gasteiger partial charge in [-0.2, -0.15) is 0 Å². The van der Waals surface area contributed by atoms with E-state index in [0.717, 1.165) is 32.6 Å². The minimum Gasteiger partial charge on any atom is -0.381 e. The Bertz CT molecular complexity index is 677. The van der Waals surface area contributed by atoms with Crippen molar-refractivity contribution in [2.24, 2.45) is 11.3 Å². The lowest BCUT2D eigenvalue weighted by Gasteiger charge is -2.65. The van der Waals surface area contributed by atoms with Crippen molar-refractivity contribution in [2.45, 2.75) is 38.1 Å². The van der Waals surface area contributed by atoms with Gasteiger partial charge in [-0.1, -0.05) is 12.5 Å². The third-order valence-corrected chi connectivity index (χ3v) is 6.37. The van der Waals surface area contributed by atoms with E-state index in [1.54, 1.807) is 25.2 Å². The lowest BCUT2D eigenvalue weighted by atomic mass is 9.54. The fraction of sp³-hybridized carbons (Fsp3) is 0.600. The van der Waals surface area contributed by atoms with Crippen LogP contribution in [0, 0.1) is 11.3 Å². The molecule has 4 rings (SSSR count). The van der Waals surface area contributed by atoms with E-state index < -0.39 is 0 Å². The van der Waals surface area contributed by atoms with E-state index in [4.69, 9.17) is 4.74 Å². The van der Waals surface area contributed by atoms with E-state index in [1.807, 2.05) is 6.07 Å². The highest BCUT2D eigenvalue weighted by Gasteiger charge is 2.59. The van der Waals surface area contributed by atoms with Crippen LogP contribution in [0.5, 0.6) is 0 Å². The Hall–Kier alpha value is -1.88. The van der Waals surface area contributed by atoms with Gasteiger partial charge in [0.25, 0.3) is 11.8 Å². The van der Waals surface area contributed by atoms with Crippen LogP contribution in [-0.2, 0) is 4.74 Å². The molecule has 1 saturated carbocycles. The summed E-state index contributed by atoms with van der Waals surface area (Å²) in [6, 6.07) is 7.42. The van der Waals surface area contributed by atoms with Crippen LogP contribution < -0.4 is 5.32 Å². The van der Waals surface area contributed by atoms with Crippen LogP contribution in [0.3, 0.4) is 0 Å². The van der Waals surface area contributed by atoms with Gasteiger partial charge in [-0.25, -0.2) is 0 Å². The molecule has 2 aliphatic heterocycles. The molecule has 1 aliphatic carbocycles. The zero-order valence-electron chi connectivity index (χ0n) is 14.8. The van der Waals surface area contributed by atoms with Crippen molar-refractivity contribution in [2.75, 3.05) is 26.8 Å². The fourth-order valence-electron chi connectivity index (χ4n) is 4.92. The first-order chi connectivity index (χ1) is 12.1. The molecular weight excluding hydrogens is 316 g/mol. The molecule has 1 atom stereocenters. The first-order valence-electron chi connectivity index (χ1n) is 9.35. The Morgan fingerprint density at radius 3 is 2.56 bits per heavy atom. The number of nitrogens with one attached hydrogen (secondary N) is 1. The summed E-state index contributed by atoms with van der Waals surface area (Å²) in [7, 11) is 1.60. The Kier molecular flexibility index (Phi) is 4.28. The predicted molar refractivity (Wildman–Crippen MR) is 94.5 cm³/mol. The Labute approximate surface area is 148 Å². The highest BCUT2D eigenvalue weighted by molar-refractivity contribution is 6.00. The lowest BCUT2D eigenvalue weighted by molar-refractivity contribution is -0.140. The highest BCUT2D eigenvalue weighted by Crippen LogP contribution is 2.56. The maximum absolute atomic E-state index is 13.1. The first-order valence-corrected chi connectivity index (χ1v) is 9.35. The molecular formula is C20H26N2O3. The molecule has 1 spiro atoms. The predicted octanol–water partition coefficient (Wildman–Crippen LogP) is 2.47. The summed E-state index contributed by atoms with van der Waals surface area (Å²) in [5.41, 5.74) is 1.51. The molecule has 2 amide bonds. The molecule has 3 fully saturated rings. The topological polar surface area (TPSA) is 58.6 Å². The van der Waals surface area contributed by atoms with Crippen LogP contribution in [0.25, 0.3) is 0 Å². The summed E-state index contributed by atoms with van der Waals surface area (Å²) in [6.07, 6.45) is 5.88. The minimum atomic E-state index is -0.158. The number of amides is 2. The molecule has 1 unspecified atom stereocenters. The number of carbonyl (C=O) groups is 2. The number of likely N-dealkylation sites (tertiary alicyclic amines) is 1. The van der Waals surface area contributed by atoms with Gasteiger partial charge in [-0.3, -0.25) is 9.59 Å². The summed E-state index contributed by atoms with van der Waals surface area (Å²) in [5.74, 6) is 0.461. The summed E-state index contributed by atoms with van der Waals surface area (Å²) >= 11 is 0. The van der Waals surface area contributed by atoms with Crippen molar-refractivity contribution < 1.29 is 14.3 Å². The number of benzene rings is 1. The zero-order chi connectivity index (χ0) is 17.4. The monoisotopic (exact) mass is 342 g/mol. The molecule has 2 saturated heterocycles. The van der Waals surface area contributed by atoms with E-state index in [9.17, 15) is 9.59 Å². The van der Waals surface area contributed by atoms with Gasteiger partial charge in [0, 0.05) is 49.4 Å². The van der Waals surface area contributed by atoms with Crippen molar-refractivity contribution >= 4 is 11.8 Å². The van der Waals surface area contributed by atoms with E-state index >= 15 is 0 Å². The number of carbonyl (C=O) groups excluding carboxylic acids is 2. The summed E-state index contributed by atoms with van der Waals surface area (Å²) in [5, 5.41) is 2.62. The maximum atomic E-state index is 13.1. The van der Waals surface area contributed by atoms with Gasteiger partial charge in [0.05, 0.1) is 0 Å². The Morgan fingerprint density at radius 2 is 1.92 bits per heavy atom. The zero-order valence-corrected chi connectivity index (χ0v) is 14.8. The molecule has 25 heavy (non-hydrogen) atoms. The molecule has 1 N–H and O–H groups in total. The molecule has 134 valence electrons. The van der Waals surface area contributed by atoms with Gasteiger partial charge in [-0.15, -0.1) is 0 Å². The van der Waals surface area contributed by atoms with Gasteiger partial charge in [0.1, 0.15) is 0 Å². The lowest BCUT2D eigenvalue weighted by Crippen LogP contribution is -2.71. The van der Waals surface area contributed by atoms with E-state index in [1.165, 1.54) is 19.3 Å². The van der Waals surface area contributed by atoms with Gasteiger partial charge < -0.3 is 15.0 Å². The highest BCUT2D eigenvalue weighted by atomic mass is 16.5. The van der Waals surface area contributed by atoms with Gasteiger partial charge in [-0.05, 0) is 49.8 Å². The largest absolute Gasteiger partial charge is 0.381 e. The van der Waals surface area contributed by atoms with Crippen LogP contribution in [0.4, 0.5) is 0 Å². The second-order valence-electron chi connectivity index (χ2n) is 7.70. The fourth-order valence-corrected chi connectivity index (χ4v) is 4.92. The maximum Gasteiger partial charge on any atom is 0.254 e. The second-order valence-corrected chi connectivity index (χ2v) is 7.70. The first kappa shape index (κ1) is 16.6. The number of ether oxygens (including phenoxy) is 1. The van der Waals surface area contributed by atoms with E-state index in [-0.39, 0.29) is 11.8 Å². The number of hydrogen-bond acceptors (Lipinski definition) is 3.